The van der Waals surface area contributed by atoms with Crippen molar-refractivity contribution in [3.63, 3.8) is 0 Å². The first-order chi connectivity index (χ1) is 31.3. The number of Topliss-reactive ketones (excluding diaryl/α,β-unsaturated/α-hetero) is 2. The molecule has 0 saturated carbocycles. The molecule has 4 N–H and O–H groups in total. The van der Waals surface area contributed by atoms with Crippen LogP contribution in [0.5, 0.6) is 23.0 Å². The quantitative estimate of drug-likeness (QED) is 0.0192. The fourth-order valence-corrected chi connectivity index (χ4v) is 9.17. The Hall–Kier alpha value is -3.89. The number of carbonyl (C=O) groups is 2. The van der Waals surface area contributed by atoms with Crippen LogP contribution in [0.15, 0.2) is 97.1 Å². The highest BCUT2D eigenvalue weighted by molar-refractivity contribution is 7.99. The van der Waals surface area contributed by atoms with Gasteiger partial charge < -0.3 is 48.4 Å². The second-order valence-corrected chi connectivity index (χ2v) is 18.2. The number of ketones is 2. The van der Waals surface area contributed by atoms with Gasteiger partial charge in [0.25, 0.3) is 0 Å². The molecule has 13 nitrogen and oxygen atoms in total. The van der Waals surface area contributed by atoms with Gasteiger partial charge >= 0.3 is 8.25 Å². The summed E-state index contributed by atoms with van der Waals surface area (Å²) in [7, 11) is -2.73. The van der Waals surface area contributed by atoms with Crippen molar-refractivity contribution in [3.8, 4) is 23.0 Å². The molecule has 0 saturated heterocycles. The zero-order chi connectivity index (χ0) is 45.6. The third-order valence-corrected chi connectivity index (χ3v) is 13.1. The van der Waals surface area contributed by atoms with Crippen LogP contribution in [0.2, 0.25) is 0 Å². The summed E-state index contributed by atoms with van der Waals surface area (Å²) >= 11 is 3.24. The van der Waals surface area contributed by atoms with Gasteiger partial charge in [0.1, 0.15) is 23.0 Å². The average Bonchev–Trinajstić information content (AvgIpc) is 3.31. The summed E-state index contributed by atoms with van der Waals surface area (Å²) in [5.41, 5.74) is 3.08. The van der Waals surface area contributed by atoms with Crippen LogP contribution in [0.3, 0.4) is 0 Å². The lowest BCUT2D eigenvalue weighted by molar-refractivity contribution is 0.0974. The summed E-state index contributed by atoms with van der Waals surface area (Å²) in [5, 5.41) is 35.9. The Morgan fingerprint density at radius 2 is 0.734 bits per heavy atom. The van der Waals surface area contributed by atoms with Crippen LogP contribution < -0.4 is 18.9 Å². The molecule has 0 aromatic heterocycles. The number of thioether (sulfide) groups is 2. The van der Waals surface area contributed by atoms with Crippen LogP contribution in [0, 0.1) is 0 Å². The molecule has 0 aliphatic rings. The van der Waals surface area contributed by atoms with E-state index in [0.29, 0.717) is 111 Å². The van der Waals surface area contributed by atoms with Crippen molar-refractivity contribution in [2.45, 2.75) is 61.9 Å². The molecule has 2 atom stereocenters. The standard InChI is InChI=1S/C48H63O13PS2/c49-23-1-27-56-41-15-7-37(8-16-41)45(53)35-47(39-11-19-43(20-12-39)58-29-3-25-51)63-33-5-31-60-62(55)61-32-6-34-64-48(40-13-21-44(22-14-40)59-30-4-26-52)36-46(54)38-9-17-42(18-10-38)57-28-2-24-50/h7-22,47-52,62H,1-6,23-36H2. The van der Waals surface area contributed by atoms with Crippen molar-refractivity contribution in [1.82, 2.24) is 0 Å². The summed E-state index contributed by atoms with van der Waals surface area (Å²) < 4.78 is 46.4. The first kappa shape index (κ1) is 52.7. The van der Waals surface area contributed by atoms with E-state index in [-0.39, 0.29) is 74.5 Å². The van der Waals surface area contributed by atoms with E-state index in [2.05, 4.69) is 0 Å². The molecule has 0 aliphatic heterocycles. The number of ether oxygens (including phenoxy) is 4. The molecule has 0 fully saturated rings. The smallest absolute Gasteiger partial charge is 0.319 e. The molecule has 0 spiro atoms. The molecule has 4 rings (SSSR count). The maximum atomic E-state index is 13.4. The lowest BCUT2D eigenvalue weighted by Crippen LogP contribution is -2.07. The first-order valence-corrected chi connectivity index (χ1v) is 25.1. The minimum absolute atomic E-state index is 0.0155. The van der Waals surface area contributed by atoms with Crippen molar-refractivity contribution in [2.75, 3.05) is 77.6 Å². The molecule has 4 aromatic carbocycles. The topological polar surface area (TPSA) is 188 Å². The highest BCUT2D eigenvalue weighted by atomic mass is 32.2. The maximum Gasteiger partial charge on any atom is 0.319 e. The molecular formula is C48H63O13PS2. The van der Waals surface area contributed by atoms with Gasteiger partial charge in [0.2, 0.25) is 0 Å². The van der Waals surface area contributed by atoms with E-state index < -0.39 is 8.25 Å². The fraction of sp³-hybridized carbons (Fsp3) is 0.458. The van der Waals surface area contributed by atoms with Crippen LogP contribution in [-0.4, -0.2) is 110 Å². The predicted molar refractivity (Wildman–Crippen MR) is 253 cm³/mol. The van der Waals surface area contributed by atoms with Gasteiger partial charge in [0.15, 0.2) is 11.6 Å². The average molecular weight is 943 g/mol. The highest BCUT2D eigenvalue weighted by Crippen LogP contribution is 2.37. The molecule has 0 bridgehead atoms. The molecule has 0 amide bonds. The van der Waals surface area contributed by atoms with Crippen LogP contribution in [0.4, 0.5) is 0 Å². The number of hydrogen-bond donors (Lipinski definition) is 4. The van der Waals surface area contributed by atoms with Crippen LogP contribution >= 0.6 is 31.8 Å². The largest absolute Gasteiger partial charge is 0.494 e. The van der Waals surface area contributed by atoms with Gasteiger partial charge in [-0.15, -0.1) is 0 Å². The van der Waals surface area contributed by atoms with Crippen molar-refractivity contribution >= 4 is 43.3 Å². The number of hydrogen-bond acceptors (Lipinski definition) is 15. The second-order valence-electron chi connectivity index (χ2n) is 14.5. The zero-order valence-corrected chi connectivity index (χ0v) is 38.9. The van der Waals surface area contributed by atoms with Crippen molar-refractivity contribution in [1.29, 1.82) is 0 Å². The fourth-order valence-electron chi connectivity index (χ4n) is 6.09. The third kappa shape index (κ3) is 20.5. The van der Waals surface area contributed by atoms with Gasteiger partial charge in [0, 0.05) is 86.6 Å². The van der Waals surface area contributed by atoms with Gasteiger partial charge in [0.05, 0.1) is 39.6 Å². The Labute approximate surface area is 386 Å². The summed E-state index contributed by atoms with van der Waals surface area (Å²) in [6, 6.07) is 29.3. The van der Waals surface area contributed by atoms with E-state index in [9.17, 15) is 14.2 Å². The summed E-state index contributed by atoms with van der Waals surface area (Å²) in [5.74, 6) is 3.90. The molecule has 0 aliphatic carbocycles. The van der Waals surface area contributed by atoms with Gasteiger partial charge in [-0.05, 0) is 108 Å². The molecule has 4 aromatic rings. The molecule has 350 valence electrons. The Kier molecular flexibility index (Phi) is 26.3. The van der Waals surface area contributed by atoms with Crippen molar-refractivity contribution in [3.05, 3.63) is 119 Å². The predicted octanol–water partition coefficient (Wildman–Crippen LogP) is 8.73. The normalized spacial score (nSPS) is 12.6. The molecule has 16 heteroatoms. The van der Waals surface area contributed by atoms with Gasteiger partial charge in [-0.25, -0.2) is 0 Å². The van der Waals surface area contributed by atoms with Gasteiger partial charge in [-0.3, -0.25) is 14.2 Å². The first-order valence-electron chi connectivity index (χ1n) is 21.8. The van der Waals surface area contributed by atoms with E-state index in [0.717, 1.165) is 11.1 Å². The minimum atomic E-state index is -2.73. The number of rotatable bonds is 36. The molecule has 0 heterocycles. The Morgan fingerprint density at radius 3 is 1.03 bits per heavy atom. The molecular weight excluding hydrogens is 880 g/mol. The summed E-state index contributed by atoms with van der Waals surface area (Å²) in [4.78, 5) is 26.9. The van der Waals surface area contributed by atoms with E-state index in [1.807, 2.05) is 48.5 Å². The summed E-state index contributed by atoms with van der Waals surface area (Å²) in [6.45, 7) is 2.24. The van der Waals surface area contributed by atoms with Gasteiger partial charge in [-0.2, -0.15) is 23.5 Å². The van der Waals surface area contributed by atoms with Crippen LogP contribution in [0.25, 0.3) is 0 Å². The van der Waals surface area contributed by atoms with E-state index in [1.165, 1.54) is 0 Å². The number of aliphatic hydroxyl groups is 4. The second kappa shape index (κ2) is 31.9. The van der Waals surface area contributed by atoms with E-state index in [1.54, 1.807) is 72.1 Å². The Bertz CT molecular complexity index is 1760. The van der Waals surface area contributed by atoms with Gasteiger partial charge in [-0.1, -0.05) is 24.3 Å². The van der Waals surface area contributed by atoms with Crippen molar-refractivity contribution < 1.29 is 62.6 Å². The summed E-state index contributed by atoms with van der Waals surface area (Å²) in [6.07, 6.45) is 3.81. The number of carbonyl (C=O) groups excluding carboxylic acids is 2. The number of aliphatic hydroxyl groups excluding tert-OH is 4. The molecule has 64 heavy (non-hydrogen) atoms. The monoisotopic (exact) mass is 942 g/mol. The minimum Gasteiger partial charge on any atom is -0.494 e. The maximum absolute atomic E-state index is 13.4. The Balaban J connectivity index is 1.24. The molecule has 2 unspecified atom stereocenters. The third-order valence-electron chi connectivity index (χ3n) is 9.54. The zero-order valence-electron chi connectivity index (χ0n) is 36.3. The lowest BCUT2D eigenvalue weighted by atomic mass is 10.0. The van der Waals surface area contributed by atoms with Crippen molar-refractivity contribution in [2.24, 2.45) is 0 Å². The van der Waals surface area contributed by atoms with Crippen LogP contribution in [0.1, 0.15) is 93.7 Å². The van der Waals surface area contributed by atoms with E-state index >= 15 is 0 Å². The number of benzene rings is 4. The van der Waals surface area contributed by atoms with Crippen LogP contribution in [-0.2, 0) is 13.6 Å². The highest BCUT2D eigenvalue weighted by Gasteiger charge is 2.20. The molecule has 0 radical (unpaired) electrons. The Morgan fingerprint density at radius 1 is 0.438 bits per heavy atom. The lowest BCUT2D eigenvalue weighted by Gasteiger charge is -2.18. The van der Waals surface area contributed by atoms with E-state index in [4.69, 9.17) is 48.4 Å². The SMILES string of the molecule is O=C(CC(SCCCO[PH](=O)OCCCSC(CC(=O)c1ccc(OCCCO)cc1)c1ccc(OCCCO)cc1)c1ccc(OCCCO)cc1)c1ccc(OCCCO)cc1.